The van der Waals surface area contributed by atoms with Crippen molar-refractivity contribution in [2.75, 3.05) is 20.0 Å². The molecule has 0 spiro atoms. The molecule has 0 saturated heterocycles. The molecule has 0 aromatic rings. The van der Waals surface area contributed by atoms with Gasteiger partial charge >= 0.3 is 29.4 Å². The summed E-state index contributed by atoms with van der Waals surface area (Å²) >= 11 is 0.968. The summed E-state index contributed by atoms with van der Waals surface area (Å²) in [5, 5.41) is 42.8. The summed E-state index contributed by atoms with van der Waals surface area (Å²) < 4.78 is 63.4. The van der Waals surface area contributed by atoms with E-state index in [9.17, 15) is 43.5 Å². The van der Waals surface area contributed by atoms with Crippen LogP contribution in [0.3, 0.4) is 0 Å². The quantitative estimate of drug-likeness (QED) is 0.0141. The van der Waals surface area contributed by atoms with Gasteiger partial charge in [0.25, 0.3) is 0 Å². The van der Waals surface area contributed by atoms with Crippen molar-refractivity contribution in [1.29, 1.82) is 0 Å². The lowest BCUT2D eigenvalue weighted by atomic mass is 9.85. The highest BCUT2D eigenvalue weighted by Gasteiger charge is 2.56. The molecular weight excluding hydrogens is 925 g/mol. The van der Waals surface area contributed by atoms with Gasteiger partial charge in [-0.3, -0.25) is 27.7 Å². The number of carbonyl (C=O) groups is 2. The van der Waals surface area contributed by atoms with Crippen LogP contribution in [-0.4, -0.2) is 119 Å². The fraction of sp³-hybridized carbons (Fsp3) is 0.700. The van der Waals surface area contributed by atoms with E-state index in [0.717, 1.165) is 43.9 Å². The highest BCUT2D eigenvalue weighted by molar-refractivity contribution is 8.17. The van der Waals surface area contributed by atoms with Crippen LogP contribution < -0.4 is 0 Å². The third-order valence-electron chi connectivity index (χ3n) is 8.51. The van der Waals surface area contributed by atoms with E-state index in [-0.39, 0.29) is 24.4 Å². The maximum Gasteiger partial charge on any atom is 0.472 e. The normalized spacial score (nSPS) is 20.6. The van der Waals surface area contributed by atoms with Gasteiger partial charge in [-0.1, -0.05) is 90.9 Å². The number of phosphoric acid groups is 3. The summed E-state index contributed by atoms with van der Waals surface area (Å²) in [6, 6.07) is 0. The first kappa shape index (κ1) is 61.4. The Morgan fingerprint density at radius 1 is 0.625 bits per heavy atom. The molecule has 0 amide bonds. The SMILES string of the molecule is C#CC#CC#CC#CC#CSC(=O)CCC.CCCCCCCCCCCCCCCC(=O)O[C@H](COCO)COP(=O)(O)OC1C(O)[C@H](O)[C@H](OP(=O)(O)O)C(OP(=O)(O)O)[C@@H]1O.[HH].[HH].[HH].[HH].[HH].[HH].[HH].[HH].[HH]. The minimum absolute atomic E-state index is 0. The molecule has 4 unspecified atom stereocenters. The topological polar surface area (TPSA) is 323 Å². The Balaban J connectivity index is -0.000000172. The van der Waals surface area contributed by atoms with Gasteiger partial charge in [0.2, 0.25) is 5.12 Å². The van der Waals surface area contributed by atoms with Crippen LogP contribution in [0.25, 0.3) is 0 Å². The first-order valence-corrected chi connectivity index (χ1v) is 25.8. The van der Waals surface area contributed by atoms with Crippen molar-refractivity contribution in [2.24, 2.45) is 0 Å². The Hall–Kier alpha value is -2.58. The van der Waals surface area contributed by atoms with Gasteiger partial charge in [0, 0.05) is 37.4 Å². The van der Waals surface area contributed by atoms with E-state index in [0.29, 0.717) is 12.8 Å². The number of ether oxygens (including phenoxy) is 2. The average Bonchev–Trinajstić information content (AvgIpc) is 3.21. The summed E-state index contributed by atoms with van der Waals surface area (Å²) in [6.45, 7) is 2.00. The Kier molecular flexibility index (Phi) is 34.2. The molecule has 0 aromatic heterocycles. The zero-order valence-electron chi connectivity index (χ0n) is 35.8. The van der Waals surface area contributed by atoms with Crippen LogP contribution in [0.5, 0.6) is 0 Å². The van der Waals surface area contributed by atoms with Crippen molar-refractivity contribution in [1.82, 2.24) is 0 Å². The number of hydrogen-bond acceptors (Lipinski definition) is 16. The van der Waals surface area contributed by atoms with E-state index in [4.69, 9.17) is 49.6 Å². The van der Waals surface area contributed by atoms with Crippen LogP contribution in [-0.2, 0) is 50.9 Å². The van der Waals surface area contributed by atoms with Crippen LogP contribution in [0.2, 0.25) is 0 Å². The number of rotatable bonds is 29. The molecule has 0 radical (unpaired) electrons. The highest BCUT2D eigenvalue weighted by atomic mass is 32.2. The van der Waals surface area contributed by atoms with Crippen molar-refractivity contribution in [3.8, 4) is 59.0 Å². The van der Waals surface area contributed by atoms with E-state index in [1.807, 2.05) is 6.92 Å². The van der Waals surface area contributed by atoms with Crippen LogP contribution in [0, 0.1) is 59.0 Å². The Morgan fingerprint density at radius 2 is 1.09 bits per heavy atom. The Bertz CT molecular complexity index is 1860. The predicted molar refractivity (Wildman–Crippen MR) is 252 cm³/mol. The molecule has 8 atom stereocenters. The predicted octanol–water partition coefficient (Wildman–Crippen LogP) is 5.76. The number of esters is 1. The number of hydrogen-bond donors (Lipinski definition) is 9. The number of phosphoric ester groups is 3. The zero-order valence-corrected chi connectivity index (χ0v) is 39.3. The van der Waals surface area contributed by atoms with E-state index in [1.54, 1.807) is 0 Å². The fourth-order valence-corrected chi connectivity index (χ4v) is 8.22. The minimum atomic E-state index is -5.56. The van der Waals surface area contributed by atoms with Gasteiger partial charge in [0.15, 0.2) is 0 Å². The van der Waals surface area contributed by atoms with Gasteiger partial charge in [-0.15, -0.1) is 6.42 Å². The lowest BCUT2D eigenvalue weighted by Crippen LogP contribution is -2.65. The smallest absolute Gasteiger partial charge is 0.457 e. The number of aliphatic hydroxyl groups is 4. The van der Waals surface area contributed by atoms with Gasteiger partial charge in [-0.25, -0.2) is 13.7 Å². The van der Waals surface area contributed by atoms with Crippen LogP contribution in [0.4, 0.5) is 0 Å². The second-order valence-electron chi connectivity index (χ2n) is 13.9. The van der Waals surface area contributed by atoms with E-state index in [1.165, 1.54) is 51.4 Å². The van der Waals surface area contributed by atoms with Crippen molar-refractivity contribution < 1.29 is 109 Å². The molecule has 9 N–H and O–H groups in total. The molecule has 1 aliphatic carbocycles. The molecular formula is C40H79O20P3S. The monoisotopic (exact) mass is 1000 g/mol. The van der Waals surface area contributed by atoms with E-state index < -0.39 is 92.2 Å². The molecule has 1 rings (SSSR count). The summed E-state index contributed by atoms with van der Waals surface area (Å²) in [5.74, 6) is 18.5. The van der Waals surface area contributed by atoms with Gasteiger partial charge in [-0.05, 0) is 65.5 Å². The van der Waals surface area contributed by atoms with E-state index in [2.05, 4.69) is 68.6 Å². The molecule has 20 nitrogen and oxygen atoms in total. The molecule has 0 bridgehead atoms. The van der Waals surface area contributed by atoms with Crippen LogP contribution in [0.15, 0.2) is 0 Å². The van der Waals surface area contributed by atoms with Crippen molar-refractivity contribution in [3.63, 3.8) is 0 Å². The highest BCUT2D eigenvalue weighted by Crippen LogP contribution is 2.51. The third kappa shape index (κ3) is 32.2. The van der Waals surface area contributed by atoms with Crippen molar-refractivity contribution >= 4 is 46.3 Å². The number of carbonyl (C=O) groups excluding carboxylic acids is 2. The number of aliphatic hydroxyl groups excluding tert-OH is 4. The largest absolute Gasteiger partial charge is 0.472 e. The number of thioether (sulfide) groups is 1. The van der Waals surface area contributed by atoms with Gasteiger partial charge < -0.3 is 54.4 Å². The first-order chi connectivity index (χ1) is 30.2. The molecule has 0 aliphatic heterocycles. The molecule has 1 saturated carbocycles. The number of unbranched alkanes of at least 4 members (excludes halogenated alkanes) is 12. The molecule has 0 aromatic carbocycles. The maximum atomic E-state index is 12.7. The average molecular weight is 1010 g/mol. The summed E-state index contributed by atoms with van der Waals surface area (Å²) in [4.78, 5) is 70.1. The fourth-order valence-electron chi connectivity index (χ4n) is 5.60. The summed E-state index contributed by atoms with van der Waals surface area (Å²) in [6.07, 6.45) is 4.56. The van der Waals surface area contributed by atoms with Crippen molar-refractivity contribution in [2.45, 2.75) is 159 Å². The molecule has 1 aliphatic rings. The maximum absolute atomic E-state index is 12.7. The minimum Gasteiger partial charge on any atom is -0.457 e. The molecule has 24 heteroatoms. The summed E-state index contributed by atoms with van der Waals surface area (Å²) in [7, 11) is -16.4. The number of terminal acetylenes is 1. The lowest BCUT2D eigenvalue weighted by Gasteiger charge is -2.44. The van der Waals surface area contributed by atoms with Crippen molar-refractivity contribution in [3.05, 3.63) is 0 Å². The van der Waals surface area contributed by atoms with Crippen LogP contribution >= 0.6 is 35.2 Å². The van der Waals surface area contributed by atoms with Gasteiger partial charge in [0.1, 0.15) is 49.5 Å². The van der Waals surface area contributed by atoms with E-state index >= 15 is 0 Å². The summed E-state index contributed by atoms with van der Waals surface area (Å²) in [5.41, 5.74) is 0. The zero-order chi connectivity index (χ0) is 48.4. The Labute approximate surface area is 392 Å². The van der Waals surface area contributed by atoms with Gasteiger partial charge in [-0.2, -0.15) is 0 Å². The third-order valence-corrected chi connectivity index (χ3v) is 11.2. The first-order valence-electron chi connectivity index (χ1n) is 20.4. The molecule has 380 valence electrons. The second kappa shape index (κ2) is 35.6. The molecule has 64 heavy (non-hydrogen) atoms. The lowest BCUT2D eigenvalue weighted by molar-refractivity contribution is -0.213. The standard InChI is InChI=1S/C26H53O19P3.C14H8OS.9H2/c1-2-3-4-5-6-7-8-9-10-11-12-13-14-15-20(28)42-19(16-40-18-27)17-41-48(38,39)45-24-21(29)22(30)25(43-46(32,33)34)26(23(24)31)44-47(35,36)37;1-3-5-6-7-8-9-10-11-13-16-14(15)12-4-2;;;;;;;;;/h19,21-27,29-31H,2-18H2,1H3,(H,38,39)(H2,32,33,34)(H2,35,36,37);1H,4,12H2,2H3;9*1H/t19-,21?,22+,23-,24?,25+,26?;;;;;;;;;;/m1........../s1. The molecule has 0 heterocycles. The molecule has 1 fully saturated rings. The van der Waals surface area contributed by atoms with Crippen LogP contribution in [0.1, 0.15) is 129 Å². The second-order valence-corrected chi connectivity index (χ2v) is 18.5. The Morgan fingerprint density at radius 3 is 1.58 bits per heavy atom. The van der Waals surface area contributed by atoms with Gasteiger partial charge in [0.05, 0.1) is 13.2 Å².